The van der Waals surface area contributed by atoms with Crippen molar-refractivity contribution in [1.82, 2.24) is 4.72 Å². The summed E-state index contributed by atoms with van der Waals surface area (Å²) < 4.78 is 26.2. The molecular weight excluding hydrogens is 269 g/mol. The zero-order valence-electron chi connectivity index (χ0n) is 10.1. The van der Waals surface area contributed by atoms with E-state index in [9.17, 15) is 8.42 Å². The number of halogens is 2. The van der Waals surface area contributed by atoms with Crippen LogP contribution < -0.4 is 4.72 Å². The van der Waals surface area contributed by atoms with Gasteiger partial charge in [-0.25, -0.2) is 13.1 Å². The molecule has 3 nitrogen and oxygen atoms in total. The average Bonchev–Trinajstić information content (AvgIpc) is 2.24. The van der Waals surface area contributed by atoms with Crippen LogP contribution in [0.2, 0.25) is 0 Å². The molecule has 0 aliphatic heterocycles. The number of hydrogen-bond acceptors (Lipinski definition) is 2. The highest BCUT2D eigenvalue weighted by Crippen LogP contribution is 2.17. The summed E-state index contributed by atoms with van der Waals surface area (Å²) in [5.41, 5.74) is -0.709. The predicted molar refractivity (Wildman–Crippen MR) is 70.8 cm³/mol. The van der Waals surface area contributed by atoms with Crippen molar-refractivity contribution in [3.05, 3.63) is 0 Å². The van der Waals surface area contributed by atoms with E-state index in [0.29, 0.717) is 18.8 Å². The van der Waals surface area contributed by atoms with Crippen LogP contribution in [0.3, 0.4) is 0 Å². The van der Waals surface area contributed by atoms with E-state index in [1.165, 1.54) is 0 Å². The molecule has 0 fully saturated rings. The Kier molecular flexibility index (Phi) is 7.26. The maximum absolute atomic E-state index is 11.8. The Balaban J connectivity index is 4.54. The molecule has 0 aliphatic carbocycles. The molecule has 0 rings (SSSR count). The average molecular weight is 290 g/mol. The number of hydrogen-bond donors (Lipinski definition) is 1. The second-order valence-corrected chi connectivity index (χ2v) is 6.88. The van der Waals surface area contributed by atoms with Crippen LogP contribution >= 0.6 is 23.2 Å². The number of sulfonamides is 1. The summed E-state index contributed by atoms with van der Waals surface area (Å²) >= 11 is 11.6. The van der Waals surface area contributed by atoms with E-state index in [0.717, 1.165) is 0 Å². The summed E-state index contributed by atoms with van der Waals surface area (Å²) in [5, 5.41) is 0. The summed E-state index contributed by atoms with van der Waals surface area (Å²) in [6, 6.07) is 0. The number of rotatable bonds is 8. The summed E-state index contributed by atoms with van der Waals surface area (Å²) in [6.45, 7) is 5.85. The van der Waals surface area contributed by atoms with E-state index in [2.05, 4.69) is 4.72 Å². The zero-order valence-corrected chi connectivity index (χ0v) is 12.4. The van der Waals surface area contributed by atoms with Gasteiger partial charge in [0, 0.05) is 11.8 Å². The molecule has 0 radical (unpaired) electrons. The van der Waals surface area contributed by atoms with Crippen LogP contribution in [-0.2, 0) is 10.0 Å². The first-order valence-corrected chi connectivity index (χ1v) is 8.16. The third-order valence-corrected chi connectivity index (χ3v) is 5.06. The van der Waals surface area contributed by atoms with E-state index in [4.69, 9.17) is 23.2 Å². The van der Waals surface area contributed by atoms with Crippen molar-refractivity contribution in [2.75, 3.05) is 17.5 Å². The van der Waals surface area contributed by atoms with Gasteiger partial charge in [-0.1, -0.05) is 20.8 Å². The van der Waals surface area contributed by atoms with E-state index < -0.39 is 15.6 Å². The van der Waals surface area contributed by atoms with Crippen LogP contribution in [0.15, 0.2) is 0 Å². The number of alkyl halides is 2. The molecule has 0 saturated carbocycles. The lowest BCUT2D eigenvalue weighted by Crippen LogP contribution is -2.51. The van der Waals surface area contributed by atoms with Gasteiger partial charge in [-0.3, -0.25) is 0 Å². The van der Waals surface area contributed by atoms with E-state index in [1.54, 1.807) is 0 Å². The van der Waals surface area contributed by atoms with Gasteiger partial charge in [0.15, 0.2) is 0 Å². The van der Waals surface area contributed by atoms with Crippen molar-refractivity contribution < 1.29 is 8.42 Å². The summed E-state index contributed by atoms with van der Waals surface area (Å²) in [6.07, 6.45) is 1.22. The molecule has 0 spiro atoms. The first-order valence-electron chi connectivity index (χ1n) is 5.44. The van der Waals surface area contributed by atoms with Gasteiger partial charge < -0.3 is 0 Å². The van der Waals surface area contributed by atoms with Crippen LogP contribution in [-0.4, -0.2) is 31.5 Å². The van der Waals surface area contributed by atoms with Gasteiger partial charge in [0.2, 0.25) is 10.0 Å². The topological polar surface area (TPSA) is 46.2 Å². The Hall–Kier alpha value is 0.490. The molecule has 0 unspecified atom stereocenters. The summed E-state index contributed by atoms with van der Waals surface area (Å²) in [5.74, 6) is 0.863. The third kappa shape index (κ3) is 5.71. The van der Waals surface area contributed by atoms with Gasteiger partial charge in [-0.15, -0.1) is 23.2 Å². The second kappa shape index (κ2) is 7.04. The van der Waals surface area contributed by atoms with Crippen molar-refractivity contribution in [3.63, 3.8) is 0 Å². The lowest BCUT2D eigenvalue weighted by atomic mass is 10.0. The van der Waals surface area contributed by atoms with Gasteiger partial charge in [0.05, 0.1) is 11.3 Å². The fourth-order valence-electron chi connectivity index (χ4n) is 1.12. The van der Waals surface area contributed by atoms with Crippen molar-refractivity contribution >= 4 is 33.2 Å². The smallest absolute Gasteiger partial charge is 0.212 e. The minimum Gasteiger partial charge on any atom is -0.212 e. The maximum atomic E-state index is 11.8. The van der Waals surface area contributed by atoms with Crippen molar-refractivity contribution in [2.45, 2.75) is 39.2 Å². The molecule has 0 atom stereocenters. The largest absolute Gasteiger partial charge is 0.212 e. The Labute approximate surface area is 109 Å². The first-order chi connectivity index (χ1) is 7.31. The molecular formula is C10H21Cl2NO2S. The number of nitrogens with one attached hydrogen (secondary N) is 1. The molecule has 98 valence electrons. The quantitative estimate of drug-likeness (QED) is 0.698. The van der Waals surface area contributed by atoms with E-state index in [1.807, 2.05) is 20.8 Å². The molecule has 0 heterocycles. The van der Waals surface area contributed by atoms with Crippen LogP contribution in [0.5, 0.6) is 0 Å². The molecule has 1 N–H and O–H groups in total. The van der Waals surface area contributed by atoms with Gasteiger partial charge in [-0.05, 0) is 18.8 Å². The normalized spacial score (nSPS) is 13.4. The van der Waals surface area contributed by atoms with Crippen molar-refractivity contribution in [1.29, 1.82) is 0 Å². The Morgan fingerprint density at radius 3 is 2.06 bits per heavy atom. The maximum Gasteiger partial charge on any atom is 0.212 e. The van der Waals surface area contributed by atoms with Gasteiger partial charge in [0.25, 0.3) is 0 Å². The highest BCUT2D eigenvalue weighted by atomic mass is 35.5. The Morgan fingerprint density at radius 2 is 1.75 bits per heavy atom. The molecule has 0 aliphatic rings. The van der Waals surface area contributed by atoms with Crippen LogP contribution in [0, 0.1) is 5.92 Å². The molecule has 6 heteroatoms. The van der Waals surface area contributed by atoms with Crippen molar-refractivity contribution in [3.8, 4) is 0 Å². The Morgan fingerprint density at radius 1 is 1.25 bits per heavy atom. The lowest BCUT2D eigenvalue weighted by Gasteiger charge is -2.29. The van der Waals surface area contributed by atoms with Crippen LogP contribution in [0.4, 0.5) is 0 Å². The molecule has 0 aromatic heterocycles. The standard InChI is InChI=1S/C10H21Cl2NO2S/c1-4-10(7-11,8-12)13-16(14,15)6-5-9(2)3/h9,13H,4-8H2,1-3H3. The minimum absolute atomic E-state index is 0.125. The molecule has 0 saturated heterocycles. The fourth-order valence-corrected chi connectivity index (χ4v) is 3.91. The van der Waals surface area contributed by atoms with Gasteiger partial charge >= 0.3 is 0 Å². The molecule has 16 heavy (non-hydrogen) atoms. The second-order valence-electron chi connectivity index (χ2n) is 4.50. The minimum atomic E-state index is -3.29. The van der Waals surface area contributed by atoms with Gasteiger partial charge in [-0.2, -0.15) is 0 Å². The highest BCUT2D eigenvalue weighted by molar-refractivity contribution is 7.89. The lowest BCUT2D eigenvalue weighted by molar-refractivity contribution is 0.447. The molecule has 0 aromatic carbocycles. The van der Waals surface area contributed by atoms with Crippen molar-refractivity contribution in [2.24, 2.45) is 5.92 Å². The highest BCUT2D eigenvalue weighted by Gasteiger charge is 2.31. The zero-order chi connectivity index (χ0) is 12.8. The Bertz CT molecular complexity index is 279. The van der Waals surface area contributed by atoms with Gasteiger partial charge in [0.1, 0.15) is 0 Å². The third-order valence-electron chi connectivity index (χ3n) is 2.52. The molecule has 0 bridgehead atoms. The van der Waals surface area contributed by atoms with E-state index in [-0.39, 0.29) is 17.5 Å². The van der Waals surface area contributed by atoms with Crippen LogP contribution in [0.1, 0.15) is 33.6 Å². The fraction of sp³-hybridized carbons (Fsp3) is 1.00. The first kappa shape index (κ1) is 16.5. The van der Waals surface area contributed by atoms with E-state index >= 15 is 0 Å². The molecule has 0 amide bonds. The summed E-state index contributed by atoms with van der Waals surface area (Å²) in [4.78, 5) is 0. The van der Waals surface area contributed by atoms with Crippen LogP contribution in [0.25, 0.3) is 0 Å². The summed E-state index contributed by atoms with van der Waals surface area (Å²) in [7, 11) is -3.29. The monoisotopic (exact) mass is 289 g/mol. The molecule has 0 aromatic rings. The SMILES string of the molecule is CCC(CCl)(CCl)NS(=O)(=O)CCC(C)C. The predicted octanol–water partition coefficient (Wildman–Crippen LogP) is 2.58.